The zero-order chi connectivity index (χ0) is 23.2. The maximum absolute atomic E-state index is 12.7. The van der Waals surface area contributed by atoms with Gasteiger partial charge in [-0.05, 0) is 23.1 Å². The van der Waals surface area contributed by atoms with Gasteiger partial charge in [-0.25, -0.2) is 0 Å². The smallest absolute Gasteiger partial charge is 0.261 e. The molecule has 31 heavy (non-hydrogen) atoms. The third-order valence-corrected chi connectivity index (χ3v) is 4.85. The quantitative estimate of drug-likeness (QED) is 0.347. The minimum absolute atomic E-state index is 0.105. The van der Waals surface area contributed by atoms with E-state index in [1.54, 1.807) is 6.07 Å². The number of hydrogen-bond donors (Lipinski definition) is 2. The predicted octanol–water partition coefficient (Wildman–Crippen LogP) is 7.59. The number of carbonyl (C=O) groups is 1. The number of fused-ring (bicyclic) bond motifs is 1. The van der Waals surface area contributed by atoms with Crippen LogP contribution in [0.5, 0.6) is 0 Å². The molecule has 5 heteroatoms. The molecule has 2 aromatic heterocycles. The zero-order valence-corrected chi connectivity index (χ0v) is 20.0. The summed E-state index contributed by atoms with van der Waals surface area (Å²) in [4.78, 5) is 28.9. The maximum atomic E-state index is 12.7. The van der Waals surface area contributed by atoms with Gasteiger partial charge in [-0.15, -0.1) is 11.3 Å². The van der Waals surface area contributed by atoms with Crippen molar-refractivity contribution < 1.29 is 4.79 Å². The minimum atomic E-state index is -0.419. The van der Waals surface area contributed by atoms with E-state index in [-0.39, 0.29) is 11.0 Å². The Balaban J connectivity index is 0.000000739. The van der Waals surface area contributed by atoms with E-state index in [0.717, 1.165) is 16.0 Å². The van der Waals surface area contributed by atoms with Crippen LogP contribution in [-0.4, -0.2) is 10.9 Å². The first-order valence-corrected chi connectivity index (χ1v) is 11.7. The molecule has 0 radical (unpaired) electrons. The molecule has 0 fully saturated rings. The highest BCUT2D eigenvalue weighted by Crippen LogP contribution is 2.27. The van der Waals surface area contributed by atoms with E-state index in [0.29, 0.717) is 11.1 Å². The van der Waals surface area contributed by atoms with Crippen LogP contribution < -0.4 is 10.7 Å². The number of hydrogen-bond acceptors (Lipinski definition) is 3. The van der Waals surface area contributed by atoms with Gasteiger partial charge in [-0.3, -0.25) is 9.59 Å². The second kappa shape index (κ2) is 13.9. The van der Waals surface area contributed by atoms with E-state index < -0.39 is 5.91 Å². The number of nitrogens with one attached hydrogen (secondary N) is 2. The molecule has 164 valence electrons. The average Bonchev–Trinajstić information content (AvgIpc) is 3.34. The van der Waals surface area contributed by atoms with E-state index in [1.807, 2.05) is 102 Å². The Morgan fingerprint density at radius 3 is 2.13 bits per heavy atom. The van der Waals surface area contributed by atoms with Gasteiger partial charge in [0.25, 0.3) is 5.91 Å². The Hall–Kier alpha value is -3.18. The van der Waals surface area contributed by atoms with Gasteiger partial charge >= 0.3 is 0 Å². The van der Waals surface area contributed by atoms with Crippen LogP contribution in [0, 0.1) is 0 Å². The van der Waals surface area contributed by atoms with Crippen LogP contribution in [0.1, 0.15) is 51.9 Å². The van der Waals surface area contributed by atoms with Crippen LogP contribution in [0.25, 0.3) is 21.3 Å². The number of thiophene rings is 1. The van der Waals surface area contributed by atoms with Gasteiger partial charge in [0.1, 0.15) is 10.4 Å². The van der Waals surface area contributed by atoms with Gasteiger partial charge in [0, 0.05) is 17.4 Å². The number of amides is 1. The fourth-order valence-corrected chi connectivity index (χ4v) is 3.52. The summed E-state index contributed by atoms with van der Waals surface area (Å²) in [7, 11) is 0. The first-order chi connectivity index (χ1) is 15.2. The Morgan fingerprint density at radius 2 is 1.45 bits per heavy atom. The van der Waals surface area contributed by atoms with Gasteiger partial charge in [-0.2, -0.15) is 0 Å². The summed E-state index contributed by atoms with van der Waals surface area (Å²) < 4.78 is 0. The number of para-hydroxylation sites is 1. The summed E-state index contributed by atoms with van der Waals surface area (Å²) in [5, 5.41) is 5.23. The number of anilines is 1. The lowest BCUT2D eigenvalue weighted by Crippen LogP contribution is -2.21. The normalized spacial score (nSPS) is 9.23. The van der Waals surface area contributed by atoms with Crippen LogP contribution in [-0.2, 0) is 0 Å². The molecule has 2 heterocycles. The van der Waals surface area contributed by atoms with Crippen LogP contribution in [0.4, 0.5) is 5.69 Å². The fraction of sp³-hybridized carbons (Fsp3) is 0.231. The number of aromatic nitrogens is 1. The molecule has 0 aliphatic carbocycles. The molecular weight excluding hydrogens is 404 g/mol. The van der Waals surface area contributed by atoms with Crippen molar-refractivity contribution in [1.29, 1.82) is 0 Å². The van der Waals surface area contributed by atoms with E-state index in [2.05, 4.69) is 10.3 Å². The third kappa shape index (κ3) is 6.40. The second-order valence-electron chi connectivity index (χ2n) is 5.56. The largest absolute Gasteiger partial charge is 0.352 e. The Kier molecular flexibility index (Phi) is 11.6. The van der Waals surface area contributed by atoms with Crippen molar-refractivity contribution in [3.63, 3.8) is 0 Å². The third-order valence-electron chi connectivity index (χ3n) is 4.01. The molecule has 0 unspecified atom stereocenters. The predicted molar refractivity (Wildman–Crippen MR) is 136 cm³/mol. The van der Waals surface area contributed by atoms with Crippen molar-refractivity contribution in [1.82, 2.24) is 4.98 Å². The number of pyridine rings is 1. The van der Waals surface area contributed by atoms with Gasteiger partial charge in [0.05, 0.1) is 5.39 Å². The van der Waals surface area contributed by atoms with Crippen molar-refractivity contribution in [3.05, 3.63) is 88.0 Å². The first-order valence-electron chi connectivity index (χ1n) is 10.8. The molecule has 0 saturated carbocycles. The highest BCUT2D eigenvalue weighted by atomic mass is 32.1. The van der Waals surface area contributed by atoms with E-state index in [1.165, 1.54) is 17.5 Å². The van der Waals surface area contributed by atoms with Gasteiger partial charge in [0.2, 0.25) is 5.43 Å². The van der Waals surface area contributed by atoms with Crippen molar-refractivity contribution in [2.24, 2.45) is 0 Å². The molecule has 0 spiro atoms. The van der Waals surface area contributed by atoms with Crippen molar-refractivity contribution in [2.75, 3.05) is 5.32 Å². The lowest BCUT2D eigenvalue weighted by molar-refractivity contribution is 0.102. The molecule has 4 rings (SSSR count). The molecule has 2 aromatic carbocycles. The van der Waals surface area contributed by atoms with Crippen LogP contribution in [0.2, 0.25) is 0 Å². The van der Waals surface area contributed by atoms with Gasteiger partial charge < -0.3 is 10.3 Å². The Morgan fingerprint density at radius 1 is 0.839 bits per heavy atom. The monoisotopic (exact) mass is 436 g/mol. The van der Waals surface area contributed by atoms with Crippen LogP contribution in [0.3, 0.4) is 0 Å². The molecule has 2 N–H and O–H groups in total. The molecule has 4 aromatic rings. The van der Waals surface area contributed by atoms with Gasteiger partial charge in [0.15, 0.2) is 0 Å². The summed E-state index contributed by atoms with van der Waals surface area (Å²) >= 11 is 1.44. The molecule has 1 amide bonds. The number of benzene rings is 2. The van der Waals surface area contributed by atoms with Crippen LogP contribution in [0.15, 0.2) is 77.0 Å². The summed E-state index contributed by atoms with van der Waals surface area (Å²) in [6.45, 7) is 12.0. The van der Waals surface area contributed by atoms with E-state index >= 15 is 0 Å². The minimum Gasteiger partial charge on any atom is -0.352 e. The summed E-state index contributed by atoms with van der Waals surface area (Å²) in [6.07, 6.45) is 1.47. The molecular formula is C26H32N2O2S. The summed E-state index contributed by atoms with van der Waals surface area (Å²) in [5.41, 5.74) is 2.42. The highest BCUT2D eigenvalue weighted by molar-refractivity contribution is 7.16. The number of rotatable bonds is 3. The standard InChI is InChI=1S/C20H14N2O2S.3C2H6/c23-18-15-10-11-25-20(15)21-12-16(18)19(24)22-17-9-5-4-8-14(17)13-6-2-1-3-7-13;3*1-2/h1-12H,(H,21,23)(H,22,24);3*1-2H3. The summed E-state index contributed by atoms with van der Waals surface area (Å²) in [5.74, 6) is -0.419. The topological polar surface area (TPSA) is 62.0 Å². The molecule has 0 bridgehead atoms. The number of aromatic amines is 1. The Bertz CT molecular complexity index is 1110. The lowest BCUT2D eigenvalue weighted by Gasteiger charge is -2.11. The van der Waals surface area contributed by atoms with E-state index in [9.17, 15) is 9.59 Å². The zero-order valence-electron chi connectivity index (χ0n) is 19.2. The van der Waals surface area contributed by atoms with Crippen LogP contribution >= 0.6 is 11.3 Å². The summed E-state index contributed by atoms with van der Waals surface area (Å²) in [6, 6.07) is 19.1. The molecule has 4 nitrogen and oxygen atoms in total. The average molecular weight is 437 g/mol. The second-order valence-corrected chi connectivity index (χ2v) is 6.48. The highest BCUT2D eigenvalue weighted by Gasteiger charge is 2.15. The molecule has 0 aliphatic heterocycles. The van der Waals surface area contributed by atoms with E-state index in [4.69, 9.17) is 0 Å². The molecule has 0 saturated heterocycles. The SMILES string of the molecule is CC.CC.CC.O=C(Nc1ccccc1-c1ccccc1)c1c[nH]c2sccc2c1=O. The van der Waals surface area contributed by atoms with Crippen molar-refractivity contribution in [3.8, 4) is 11.1 Å². The molecule has 0 atom stereocenters. The fourth-order valence-electron chi connectivity index (χ4n) is 2.77. The van der Waals surface area contributed by atoms with Gasteiger partial charge in [-0.1, -0.05) is 90.1 Å². The molecule has 0 aliphatic rings. The number of carbonyl (C=O) groups excluding carboxylic acids is 1. The Labute approximate surface area is 189 Å². The maximum Gasteiger partial charge on any atom is 0.261 e. The van der Waals surface area contributed by atoms with Crippen molar-refractivity contribution in [2.45, 2.75) is 41.5 Å². The lowest BCUT2D eigenvalue weighted by atomic mass is 10.0. The van der Waals surface area contributed by atoms with Crippen molar-refractivity contribution >= 4 is 33.1 Å². The number of H-pyrrole nitrogens is 1. The first kappa shape index (κ1) is 25.9.